The summed E-state index contributed by atoms with van der Waals surface area (Å²) in [6.07, 6.45) is 1.96. The Kier molecular flexibility index (Phi) is 5.26. The maximum absolute atomic E-state index is 11.4. The highest BCUT2D eigenvalue weighted by Crippen LogP contribution is 2.31. The van der Waals surface area contributed by atoms with Gasteiger partial charge in [0.05, 0.1) is 4.92 Å². The summed E-state index contributed by atoms with van der Waals surface area (Å²) in [7, 11) is 0. The molecule has 3 aromatic rings. The van der Waals surface area contributed by atoms with Crippen molar-refractivity contribution in [2.75, 3.05) is 11.9 Å². The lowest BCUT2D eigenvalue weighted by atomic mass is 10.1. The molecule has 0 atom stereocenters. The number of benzene rings is 2. The van der Waals surface area contributed by atoms with Gasteiger partial charge in [-0.1, -0.05) is 48.3 Å². The van der Waals surface area contributed by atoms with Gasteiger partial charge in [-0.25, -0.2) is 0 Å². The molecule has 134 valence electrons. The van der Waals surface area contributed by atoms with Crippen LogP contribution in [0.5, 0.6) is 0 Å². The number of nitrogens with one attached hydrogen (secondary N) is 1. The van der Waals surface area contributed by atoms with Crippen molar-refractivity contribution in [2.24, 2.45) is 0 Å². The van der Waals surface area contributed by atoms with Gasteiger partial charge in [-0.15, -0.1) is 0 Å². The van der Waals surface area contributed by atoms with Crippen molar-refractivity contribution in [2.45, 2.75) is 26.7 Å². The number of aryl methyl sites for hydroxylation is 1. The van der Waals surface area contributed by atoms with Crippen LogP contribution in [0.4, 0.5) is 11.4 Å². The highest BCUT2D eigenvalue weighted by molar-refractivity contribution is 5.70. The van der Waals surface area contributed by atoms with Crippen LogP contribution in [0.1, 0.15) is 25.3 Å². The minimum atomic E-state index is -0.408. The van der Waals surface area contributed by atoms with Crippen molar-refractivity contribution in [3.8, 4) is 22.8 Å². The molecular formula is C19H20N4O3. The van der Waals surface area contributed by atoms with Gasteiger partial charge in [-0.2, -0.15) is 4.98 Å². The summed E-state index contributed by atoms with van der Waals surface area (Å²) in [5, 5.41) is 18.5. The first kappa shape index (κ1) is 17.6. The van der Waals surface area contributed by atoms with Crippen molar-refractivity contribution in [3.63, 3.8) is 0 Å². The van der Waals surface area contributed by atoms with Crippen LogP contribution in [0.15, 0.2) is 47.0 Å². The minimum Gasteiger partial charge on any atom is -0.379 e. The first-order chi connectivity index (χ1) is 12.6. The van der Waals surface area contributed by atoms with Gasteiger partial charge in [0.2, 0.25) is 5.82 Å². The second-order valence-electron chi connectivity index (χ2n) is 6.06. The zero-order valence-corrected chi connectivity index (χ0v) is 14.7. The van der Waals surface area contributed by atoms with Crippen LogP contribution in [0.3, 0.4) is 0 Å². The summed E-state index contributed by atoms with van der Waals surface area (Å²) in [6, 6.07) is 12.6. The van der Waals surface area contributed by atoms with Crippen LogP contribution in [0.2, 0.25) is 0 Å². The maximum atomic E-state index is 11.4. The van der Waals surface area contributed by atoms with E-state index in [-0.39, 0.29) is 11.6 Å². The maximum Gasteiger partial charge on any atom is 0.293 e. The molecule has 26 heavy (non-hydrogen) atoms. The molecule has 0 aliphatic carbocycles. The van der Waals surface area contributed by atoms with E-state index in [0.717, 1.165) is 24.0 Å². The highest BCUT2D eigenvalue weighted by atomic mass is 16.6. The van der Waals surface area contributed by atoms with Crippen molar-refractivity contribution in [1.82, 2.24) is 10.1 Å². The normalized spacial score (nSPS) is 10.7. The molecule has 2 aromatic carbocycles. The third-order valence-corrected chi connectivity index (χ3v) is 4.02. The molecule has 0 aliphatic rings. The van der Waals surface area contributed by atoms with Crippen LogP contribution in [0.25, 0.3) is 22.8 Å². The van der Waals surface area contributed by atoms with Crippen LogP contribution >= 0.6 is 0 Å². The van der Waals surface area contributed by atoms with Gasteiger partial charge in [0.15, 0.2) is 0 Å². The van der Waals surface area contributed by atoms with E-state index in [1.807, 2.05) is 31.2 Å². The van der Waals surface area contributed by atoms with Gasteiger partial charge in [-0.05, 0) is 25.5 Å². The van der Waals surface area contributed by atoms with Crippen LogP contribution in [-0.2, 0) is 0 Å². The molecule has 0 saturated carbocycles. The Morgan fingerprint density at radius 2 is 1.88 bits per heavy atom. The third kappa shape index (κ3) is 3.88. The van der Waals surface area contributed by atoms with E-state index in [1.165, 1.54) is 6.07 Å². The van der Waals surface area contributed by atoms with Gasteiger partial charge in [-0.3, -0.25) is 10.1 Å². The van der Waals surface area contributed by atoms with Crippen LogP contribution in [-0.4, -0.2) is 21.6 Å². The Balaban J connectivity index is 1.88. The Bertz CT molecular complexity index is 903. The number of hydrogen-bond acceptors (Lipinski definition) is 6. The molecule has 0 amide bonds. The number of nitrogens with zero attached hydrogens (tertiary/aromatic N) is 3. The molecule has 0 spiro atoms. The number of aromatic nitrogens is 2. The van der Waals surface area contributed by atoms with Gasteiger partial charge in [0.1, 0.15) is 5.69 Å². The Morgan fingerprint density at radius 3 is 2.58 bits per heavy atom. The third-order valence-electron chi connectivity index (χ3n) is 4.02. The van der Waals surface area contributed by atoms with Gasteiger partial charge in [0.25, 0.3) is 11.6 Å². The van der Waals surface area contributed by atoms with Crippen LogP contribution in [0, 0.1) is 17.0 Å². The second kappa shape index (κ2) is 7.77. The summed E-state index contributed by atoms with van der Waals surface area (Å²) in [5.41, 5.74) is 2.97. The van der Waals surface area contributed by atoms with E-state index < -0.39 is 4.92 Å². The average Bonchev–Trinajstić information content (AvgIpc) is 3.12. The first-order valence-corrected chi connectivity index (χ1v) is 8.52. The van der Waals surface area contributed by atoms with Gasteiger partial charge in [0, 0.05) is 23.7 Å². The molecule has 3 rings (SSSR count). The first-order valence-electron chi connectivity index (χ1n) is 8.52. The number of hydrogen-bond donors (Lipinski definition) is 1. The molecule has 7 nitrogen and oxygen atoms in total. The monoisotopic (exact) mass is 352 g/mol. The van der Waals surface area contributed by atoms with E-state index in [4.69, 9.17) is 4.52 Å². The van der Waals surface area contributed by atoms with Crippen molar-refractivity contribution in [1.29, 1.82) is 0 Å². The SMILES string of the molecule is CCCCNc1ccc(-c2nc(-c3ccc(C)cc3)no2)cc1[N+](=O)[O-]. The molecule has 0 aliphatic heterocycles. The number of rotatable bonds is 7. The molecule has 7 heteroatoms. The fourth-order valence-electron chi connectivity index (χ4n) is 2.53. The molecule has 1 heterocycles. The zero-order valence-electron chi connectivity index (χ0n) is 14.7. The molecule has 0 saturated heterocycles. The summed E-state index contributed by atoms with van der Waals surface area (Å²) in [5.74, 6) is 0.705. The number of nitro benzene ring substituents is 1. The zero-order chi connectivity index (χ0) is 18.5. The van der Waals surface area contributed by atoms with E-state index in [9.17, 15) is 10.1 Å². The lowest BCUT2D eigenvalue weighted by Gasteiger charge is -2.06. The number of anilines is 1. The minimum absolute atomic E-state index is 0.00584. The van der Waals surface area contributed by atoms with Gasteiger partial charge < -0.3 is 9.84 Å². The van der Waals surface area contributed by atoms with Crippen LogP contribution < -0.4 is 5.32 Å². The lowest BCUT2D eigenvalue weighted by molar-refractivity contribution is -0.383. The fraction of sp³-hybridized carbons (Fsp3) is 0.263. The van der Waals surface area contributed by atoms with Crippen molar-refractivity contribution >= 4 is 11.4 Å². The van der Waals surface area contributed by atoms with Gasteiger partial charge >= 0.3 is 0 Å². The quantitative estimate of drug-likeness (QED) is 0.372. The predicted octanol–water partition coefficient (Wildman–Crippen LogP) is 4.83. The van der Waals surface area contributed by atoms with E-state index in [1.54, 1.807) is 12.1 Å². The number of unbranched alkanes of at least 4 members (excludes halogenated alkanes) is 1. The van der Waals surface area contributed by atoms with E-state index in [2.05, 4.69) is 22.4 Å². The molecule has 0 unspecified atom stereocenters. The summed E-state index contributed by atoms with van der Waals surface area (Å²) in [6.45, 7) is 4.76. The second-order valence-corrected chi connectivity index (χ2v) is 6.06. The lowest BCUT2D eigenvalue weighted by Crippen LogP contribution is -2.04. The molecule has 0 fully saturated rings. The largest absolute Gasteiger partial charge is 0.379 e. The summed E-state index contributed by atoms with van der Waals surface area (Å²) >= 11 is 0. The molecular weight excluding hydrogens is 332 g/mol. The number of nitro groups is 1. The highest BCUT2D eigenvalue weighted by Gasteiger charge is 2.18. The van der Waals surface area contributed by atoms with E-state index >= 15 is 0 Å². The molecule has 0 bridgehead atoms. The molecule has 1 aromatic heterocycles. The standard InChI is InChI=1S/C19H20N4O3/c1-3-4-11-20-16-10-9-15(12-17(16)23(24)25)19-21-18(22-26-19)14-7-5-13(2)6-8-14/h5-10,12,20H,3-4,11H2,1-2H3. The smallest absolute Gasteiger partial charge is 0.293 e. The molecule has 0 radical (unpaired) electrons. The summed E-state index contributed by atoms with van der Waals surface area (Å²) < 4.78 is 5.30. The van der Waals surface area contributed by atoms with E-state index in [0.29, 0.717) is 23.6 Å². The van der Waals surface area contributed by atoms with Crippen molar-refractivity contribution < 1.29 is 9.45 Å². The topological polar surface area (TPSA) is 94.1 Å². The van der Waals surface area contributed by atoms with Crippen molar-refractivity contribution in [3.05, 3.63) is 58.1 Å². The molecule has 1 N–H and O–H groups in total. The Hall–Kier alpha value is -3.22. The predicted molar refractivity (Wildman–Crippen MR) is 100.0 cm³/mol. The summed E-state index contributed by atoms with van der Waals surface area (Å²) in [4.78, 5) is 15.4. The Labute approximate surface area is 151 Å². The Morgan fingerprint density at radius 1 is 1.15 bits per heavy atom. The fourth-order valence-corrected chi connectivity index (χ4v) is 2.53. The average molecular weight is 352 g/mol.